The molecule has 0 aromatic heterocycles. The Balaban J connectivity index is 2.51. The van der Waals surface area contributed by atoms with Crippen molar-refractivity contribution in [1.29, 1.82) is 0 Å². The predicted octanol–water partition coefficient (Wildman–Crippen LogP) is 4.32. The van der Waals surface area contributed by atoms with E-state index in [0.29, 0.717) is 10.6 Å². The van der Waals surface area contributed by atoms with Crippen LogP contribution in [0.2, 0.25) is 10.0 Å². The summed E-state index contributed by atoms with van der Waals surface area (Å²) in [6.45, 7) is 0. The van der Waals surface area contributed by atoms with Gasteiger partial charge in [-0.15, -0.1) is 0 Å². The molecule has 2 rings (SSSR count). The molecule has 0 amide bonds. The van der Waals surface area contributed by atoms with E-state index in [-0.39, 0.29) is 10.6 Å². The highest BCUT2D eigenvalue weighted by Crippen LogP contribution is 2.31. The molecular weight excluding hydrogens is 279 g/mol. The van der Waals surface area contributed by atoms with Crippen molar-refractivity contribution < 1.29 is 8.78 Å². The van der Waals surface area contributed by atoms with E-state index in [9.17, 15) is 8.78 Å². The van der Waals surface area contributed by atoms with Crippen molar-refractivity contribution >= 4 is 23.2 Å². The Kier molecular flexibility index (Phi) is 3.85. The summed E-state index contributed by atoms with van der Waals surface area (Å²) in [5, 5.41) is 0.711. The molecule has 2 N–H and O–H groups in total. The van der Waals surface area contributed by atoms with E-state index >= 15 is 0 Å². The summed E-state index contributed by atoms with van der Waals surface area (Å²) < 4.78 is 27.2. The van der Waals surface area contributed by atoms with Crippen LogP contribution in [0.3, 0.4) is 0 Å². The molecule has 0 radical (unpaired) electrons. The van der Waals surface area contributed by atoms with Crippen LogP contribution in [0.1, 0.15) is 17.2 Å². The third-order valence-electron chi connectivity index (χ3n) is 2.61. The van der Waals surface area contributed by atoms with Gasteiger partial charge in [-0.3, -0.25) is 0 Å². The van der Waals surface area contributed by atoms with Crippen molar-refractivity contribution in [1.82, 2.24) is 0 Å². The summed E-state index contributed by atoms with van der Waals surface area (Å²) in [4.78, 5) is 0. The van der Waals surface area contributed by atoms with Crippen LogP contribution >= 0.6 is 23.2 Å². The lowest BCUT2D eigenvalue weighted by atomic mass is 9.98. The first-order valence-electron chi connectivity index (χ1n) is 5.15. The largest absolute Gasteiger partial charge is 0.320 e. The number of hydrogen-bond acceptors (Lipinski definition) is 1. The lowest BCUT2D eigenvalue weighted by Crippen LogP contribution is -2.16. The van der Waals surface area contributed by atoms with Gasteiger partial charge >= 0.3 is 0 Å². The third-order valence-corrected chi connectivity index (χ3v) is 3.17. The maximum absolute atomic E-state index is 13.6. The zero-order valence-electron chi connectivity index (χ0n) is 9.13. The Labute approximate surface area is 113 Å². The van der Waals surface area contributed by atoms with E-state index in [2.05, 4.69) is 0 Å². The van der Waals surface area contributed by atoms with Crippen molar-refractivity contribution in [3.8, 4) is 0 Å². The number of benzene rings is 2. The number of halogens is 4. The maximum Gasteiger partial charge on any atom is 0.131 e. The van der Waals surface area contributed by atoms with Crippen LogP contribution in [-0.4, -0.2) is 0 Å². The van der Waals surface area contributed by atoms with E-state index in [4.69, 9.17) is 28.9 Å². The predicted molar refractivity (Wildman–Crippen MR) is 68.9 cm³/mol. The lowest BCUT2D eigenvalue weighted by molar-refractivity contribution is 0.543. The highest BCUT2D eigenvalue weighted by Gasteiger charge is 2.20. The average molecular weight is 288 g/mol. The van der Waals surface area contributed by atoms with Gasteiger partial charge in [0, 0.05) is 15.6 Å². The van der Waals surface area contributed by atoms with E-state index in [1.807, 2.05) is 0 Å². The molecule has 0 spiro atoms. The zero-order chi connectivity index (χ0) is 13.3. The topological polar surface area (TPSA) is 26.0 Å². The highest BCUT2D eigenvalue weighted by molar-refractivity contribution is 6.35. The fourth-order valence-electron chi connectivity index (χ4n) is 1.72. The number of nitrogens with two attached hydrogens (primary N) is 1. The third kappa shape index (κ3) is 2.48. The van der Waals surface area contributed by atoms with Crippen LogP contribution in [0.25, 0.3) is 0 Å². The van der Waals surface area contributed by atoms with Crippen LogP contribution in [0.5, 0.6) is 0 Å². The molecular formula is C13H9Cl2F2N. The van der Waals surface area contributed by atoms with Crippen LogP contribution in [0.4, 0.5) is 8.78 Å². The zero-order valence-corrected chi connectivity index (χ0v) is 10.6. The van der Waals surface area contributed by atoms with Crippen LogP contribution in [-0.2, 0) is 0 Å². The van der Waals surface area contributed by atoms with Crippen molar-refractivity contribution in [2.24, 2.45) is 5.73 Å². The van der Waals surface area contributed by atoms with Gasteiger partial charge in [-0.2, -0.15) is 0 Å². The molecule has 2 aromatic rings. The van der Waals surface area contributed by atoms with Crippen LogP contribution in [0.15, 0.2) is 36.4 Å². The second kappa shape index (κ2) is 5.22. The molecule has 2 aromatic carbocycles. The van der Waals surface area contributed by atoms with Gasteiger partial charge in [-0.05, 0) is 29.8 Å². The van der Waals surface area contributed by atoms with Crippen molar-refractivity contribution in [3.05, 3.63) is 69.2 Å². The smallest absolute Gasteiger partial charge is 0.131 e. The summed E-state index contributed by atoms with van der Waals surface area (Å²) >= 11 is 11.7. The quantitative estimate of drug-likeness (QED) is 0.875. The van der Waals surface area contributed by atoms with Gasteiger partial charge in [0.2, 0.25) is 0 Å². The Morgan fingerprint density at radius 1 is 1.00 bits per heavy atom. The van der Waals surface area contributed by atoms with E-state index in [1.54, 1.807) is 12.1 Å². The second-order valence-electron chi connectivity index (χ2n) is 3.78. The molecule has 1 atom stereocenters. The molecule has 0 aliphatic carbocycles. The fourth-order valence-corrected chi connectivity index (χ4v) is 2.24. The van der Waals surface area contributed by atoms with E-state index < -0.39 is 17.7 Å². The lowest BCUT2D eigenvalue weighted by Gasteiger charge is -2.15. The molecule has 0 aliphatic rings. The van der Waals surface area contributed by atoms with Gasteiger partial charge in [0.25, 0.3) is 0 Å². The van der Waals surface area contributed by atoms with Gasteiger partial charge in [0.05, 0.1) is 6.04 Å². The fraction of sp³-hybridized carbons (Fsp3) is 0.0769. The first kappa shape index (κ1) is 13.3. The Morgan fingerprint density at radius 2 is 1.61 bits per heavy atom. The molecule has 1 unspecified atom stereocenters. The minimum Gasteiger partial charge on any atom is -0.320 e. The molecule has 18 heavy (non-hydrogen) atoms. The Morgan fingerprint density at radius 3 is 2.17 bits per heavy atom. The normalized spacial score (nSPS) is 12.5. The maximum atomic E-state index is 13.6. The first-order chi connectivity index (χ1) is 8.50. The van der Waals surface area contributed by atoms with Gasteiger partial charge < -0.3 is 5.73 Å². The SMILES string of the molecule is NC(c1ccc(Cl)cc1Cl)c1c(F)cccc1F. The van der Waals surface area contributed by atoms with Crippen LogP contribution in [0, 0.1) is 11.6 Å². The molecule has 0 saturated carbocycles. The van der Waals surface area contributed by atoms with Crippen molar-refractivity contribution in [2.45, 2.75) is 6.04 Å². The highest BCUT2D eigenvalue weighted by atomic mass is 35.5. The second-order valence-corrected chi connectivity index (χ2v) is 4.62. The van der Waals surface area contributed by atoms with Gasteiger partial charge in [0.15, 0.2) is 0 Å². The molecule has 1 nitrogen and oxygen atoms in total. The Bertz CT molecular complexity index is 567. The van der Waals surface area contributed by atoms with Gasteiger partial charge in [0.1, 0.15) is 11.6 Å². The average Bonchev–Trinajstić information content (AvgIpc) is 2.28. The summed E-state index contributed by atoms with van der Waals surface area (Å²) in [7, 11) is 0. The molecule has 94 valence electrons. The van der Waals surface area contributed by atoms with Gasteiger partial charge in [-0.25, -0.2) is 8.78 Å². The summed E-state index contributed by atoms with van der Waals surface area (Å²) in [5.41, 5.74) is 6.08. The van der Waals surface area contributed by atoms with Crippen molar-refractivity contribution in [3.63, 3.8) is 0 Å². The number of rotatable bonds is 2. The van der Waals surface area contributed by atoms with Gasteiger partial charge in [-0.1, -0.05) is 35.3 Å². The van der Waals surface area contributed by atoms with Crippen molar-refractivity contribution in [2.75, 3.05) is 0 Å². The minimum atomic E-state index is -0.976. The first-order valence-corrected chi connectivity index (χ1v) is 5.90. The molecule has 0 aliphatic heterocycles. The van der Waals surface area contributed by atoms with Crippen LogP contribution < -0.4 is 5.73 Å². The molecule has 0 fully saturated rings. The summed E-state index contributed by atoms with van der Waals surface area (Å²) in [6, 6.07) is 7.23. The summed E-state index contributed by atoms with van der Waals surface area (Å²) in [6.07, 6.45) is 0. The molecule has 0 heterocycles. The number of hydrogen-bond donors (Lipinski definition) is 1. The minimum absolute atomic E-state index is 0.207. The summed E-state index contributed by atoms with van der Waals surface area (Å²) in [5.74, 6) is -1.40. The van der Waals surface area contributed by atoms with E-state index in [1.165, 1.54) is 12.1 Å². The van der Waals surface area contributed by atoms with E-state index in [0.717, 1.165) is 12.1 Å². The molecule has 0 saturated heterocycles. The molecule has 5 heteroatoms. The monoisotopic (exact) mass is 287 g/mol. The Hall–Kier alpha value is -1.16. The standard InChI is InChI=1S/C13H9Cl2F2N/c14-7-4-5-8(9(15)6-7)13(18)12-10(16)2-1-3-11(12)17/h1-6,13H,18H2. The molecule has 0 bridgehead atoms.